The summed E-state index contributed by atoms with van der Waals surface area (Å²) < 4.78 is 7.40. The fourth-order valence-corrected chi connectivity index (χ4v) is 4.01. The summed E-state index contributed by atoms with van der Waals surface area (Å²) in [6, 6.07) is 1.77. The van der Waals surface area contributed by atoms with Gasteiger partial charge in [-0.3, -0.25) is 4.79 Å². The second kappa shape index (κ2) is 5.07. The molecule has 0 radical (unpaired) electrons. The summed E-state index contributed by atoms with van der Waals surface area (Å²) in [6.45, 7) is 1.46. The quantitative estimate of drug-likeness (QED) is 0.857. The summed E-state index contributed by atoms with van der Waals surface area (Å²) in [4.78, 5) is 21.9. The van der Waals surface area contributed by atoms with Gasteiger partial charge in [-0.15, -0.1) is 0 Å². The molecule has 2 aliphatic rings. The van der Waals surface area contributed by atoms with E-state index in [0.717, 1.165) is 25.9 Å². The Balaban J connectivity index is 1.80. The topological polar surface area (TPSA) is 80.5 Å². The van der Waals surface area contributed by atoms with Crippen molar-refractivity contribution in [1.29, 1.82) is 0 Å². The molecule has 3 heterocycles. The van der Waals surface area contributed by atoms with Gasteiger partial charge in [0.25, 0.3) is 0 Å². The van der Waals surface area contributed by atoms with E-state index in [4.69, 9.17) is 21.4 Å². The molecule has 2 atom stereocenters. The largest absolute Gasteiger partial charge is 0.480 e. The Bertz CT molecular complexity index is 788. The Morgan fingerprint density at radius 2 is 2.39 bits per heavy atom. The third kappa shape index (κ3) is 2.18. The van der Waals surface area contributed by atoms with Crippen LogP contribution in [0.3, 0.4) is 0 Å². The second-order valence-corrected chi connectivity index (χ2v) is 6.61. The molecule has 1 saturated carbocycles. The van der Waals surface area contributed by atoms with E-state index in [1.54, 1.807) is 23.9 Å². The normalized spacial score (nSPS) is 26.3. The molecule has 7 nitrogen and oxygen atoms in total. The van der Waals surface area contributed by atoms with E-state index in [-0.39, 0.29) is 17.4 Å². The molecule has 0 amide bonds. The van der Waals surface area contributed by atoms with Gasteiger partial charge in [0.05, 0.1) is 11.1 Å². The van der Waals surface area contributed by atoms with Crippen LogP contribution in [0.4, 0.5) is 5.82 Å². The van der Waals surface area contributed by atoms with E-state index < -0.39 is 5.97 Å². The molecule has 0 bridgehead atoms. The Morgan fingerprint density at radius 3 is 3.00 bits per heavy atom. The van der Waals surface area contributed by atoms with Gasteiger partial charge in [0.15, 0.2) is 5.82 Å². The number of halogens is 1. The molecule has 1 aliphatic carbocycles. The maximum Gasteiger partial charge on any atom is 0.323 e. The minimum absolute atomic E-state index is 0.103. The van der Waals surface area contributed by atoms with Crippen molar-refractivity contribution in [3.05, 3.63) is 17.5 Å². The highest BCUT2D eigenvalue weighted by atomic mass is 35.5. The molecular formula is C15H17ClN4O3. The zero-order chi connectivity index (χ0) is 16.2. The number of carboxylic acids is 1. The monoisotopic (exact) mass is 336 g/mol. The lowest BCUT2D eigenvalue weighted by atomic mass is 9.72. The van der Waals surface area contributed by atoms with E-state index in [0.29, 0.717) is 22.8 Å². The number of methoxy groups -OCH3 is 1. The average Bonchev–Trinajstić information content (AvgIpc) is 2.98. The van der Waals surface area contributed by atoms with E-state index in [2.05, 4.69) is 14.9 Å². The fraction of sp³-hybridized carbons (Fsp3) is 0.533. The summed E-state index contributed by atoms with van der Waals surface area (Å²) in [6.07, 6.45) is 3.90. The first-order chi connectivity index (χ1) is 11.0. The van der Waals surface area contributed by atoms with Crippen LogP contribution in [0.5, 0.6) is 0 Å². The van der Waals surface area contributed by atoms with Gasteiger partial charge in [-0.2, -0.15) is 4.98 Å². The first-order valence-corrected chi connectivity index (χ1v) is 7.94. The van der Waals surface area contributed by atoms with Gasteiger partial charge in [0, 0.05) is 32.3 Å². The highest BCUT2D eigenvalue weighted by molar-refractivity contribution is 6.28. The van der Waals surface area contributed by atoms with Crippen molar-refractivity contribution in [3.8, 4) is 0 Å². The van der Waals surface area contributed by atoms with Crippen LogP contribution >= 0.6 is 11.6 Å². The number of carboxylic acid groups (broad SMARTS) is 1. The number of hydrogen-bond acceptors (Lipinski definition) is 5. The zero-order valence-corrected chi connectivity index (χ0v) is 13.5. The molecule has 4 rings (SSSR count). The molecule has 0 aromatic carbocycles. The summed E-state index contributed by atoms with van der Waals surface area (Å²) in [5, 5.41) is 9.28. The molecule has 122 valence electrons. The SMILES string of the molecule is CO[C@]12CC[C@H]1CN(c1nc(Cl)nc3ccn(CC(=O)O)c13)C2. The van der Waals surface area contributed by atoms with E-state index in [9.17, 15) is 4.79 Å². The minimum Gasteiger partial charge on any atom is -0.480 e. The molecule has 2 fully saturated rings. The number of ether oxygens (including phenoxy) is 1. The lowest BCUT2D eigenvalue weighted by molar-refractivity contribution is -0.137. The van der Waals surface area contributed by atoms with Crippen LogP contribution in [0.1, 0.15) is 12.8 Å². The van der Waals surface area contributed by atoms with Gasteiger partial charge in [0.2, 0.25) is 5.28 Å². The van der Waals surface area contributed by atoms with Gasteiger partial charge in [-0.25, -0.2) is 4.98 Å². The van der Waals surface area contributed by atoms with Gasteiger partial charge < -0.3 is 19.3 Å². The van der Waals surface area contributed by atoms with Crippen molar-refractivity contribution < 1.29 is 14.6 Å². The number of nitrogens with zero attached hydrogens (tertiary/aromatic N) is 4. The Hall–Kier alpha value is -1.86. The summed E-state index contributed by atoms with van der Waals surface area (Å²) in [5.74, 6) is 0.273. The highest BCUT2D eigenvalue weighted by Crippen LogP contribution is 2.48. The second-order valence-electron chi connectivity index (χ2n) is 6.27. The van der Waals surface area contributed by atoms with Crippen molar-refractivity contribution in [2.75, 3.05) is 25.1 Å². The van der Waals surface area contributed by atoms with Gasteiger partial charge in [-0.1, -0.05) is 0 Å². The van der Waals surface area contributed by atoms with Crippen LogP contribution in [0.25, 0.3) is 11.0 Å². The molecule has 1 saturated heterocycles. The fourth-order valence-electron chi connectivity index (χ4n) is 3.84. The first kappa shape index (κ1) is 14.7. The first-order valence-electron chi connectivity index (χ1n) is 7.57. The molecule has 23 heavy (non-hydrogen) atoms. The predicted molar refractivity (Wildman–Crippen MR) is 84.9 cm³/mol. The maximum atomic E-state index is 11.1. The number of anilines is 1. The summed E-state index contributed by atoms with van der Waals surface area (Å²) in [5.41, 5.74) is 1.27. The zero-order valence-electron chi connectivity index (χ0n) is 12.7. The lowest BCUT2D eigenvalue weighted by Crippen LogP contribution is -2.48. The molecule has 1 N–H and O–H groups in total. The van der Waals surface area contributed by atoms with Crippen molar-refractivity contribution >= 4 is 34.4 Å². The van der Waals surface area contributed by atoms with Gasteiger partial charge >= 0.3 is 5.97 Å². The highest BCUT2D eigenvalue weighted by Gasteiger charge is 2.54. The van der Waals surface area contributed by atoms with Crippen LogP contribution in [0.15, 0.2) is 12.3 Å². The maximum absolute atomic E-state index is 11.1. The van der Waals surface area contributed by atoms with Crippen molar-refractivity contribution in [2.24, 2.45) is 5.92 Å². The Morgan fingerprint density at radius 1 is 1.57 bits per heavy atom. The summed E-state index contributed by atoms with van der Waals surface area (Å²) in [7, 11) is 1.76. The third-order valence-electron chi connectivity index (χ3n) is 5.14. The Kier molecular flexibility index (Phi) is 3.24. The number of rotatable bonds is 4. The molecule has 2 aromatic rings. The van der Waals surface area contributed by atoms with E-state index in [1.165, 1.54) is 0 Å². The average molecular weight is 337 g/mol. The van der Waals surface area contributed by atoms with Gasteiger partial charge in [-0.05, 0) is 30.5 Å². The lowest BCUT2D eigenvalue weighted by Gasteiger charge is -2.42. The molecule has 2 aromatic heterocycles. The molecule has 0 spiro atoms. The molecule has 0 unspecified atom stereocenters. The number of carbonyl (C=O) groups is 1. The molecular weight excluding hydrogens is 320 g/mol. The number of aromatic nitrogens is 3. The summed E-state index contributed by atoms with van der Waals surface area (Å²) >= 11 is 6.07. The van der Waals surface area contributed by atoms with Crippen LogP contribution in [-0.2, 0) is 16.1 Å². The van der Waals surface area contributed by atoms with Crippen molar-refractivity contribution in [2.45, 2.75) is 25.0 Å². The standard InChI is InChI=1S/C15H17ClN4O3/c1-23-15-4-2-9(15)6-20(8-15)13-12-10(17-14(16)18-13)3-5-19(12)7-11(21)22/h3,5,9H,2,4,6-8H2,1H3,(H,21,22)/t9-,15-/m0/s1. The Labute approximate surface area is 137 Å². The van der Waals surface area contributed by atoms with Crippen LogP contribution in [0.2, 0.25) is 5.28 Å². The minimum atomic E-state index is -0.904. The smallest absolute Gasteiger partial charge is 0.323 e. The number of hydrogen-bond donors (Lipinski definition) is 1. The van der Waals surface area contributed by atoms with Crippen LogP contribution in [-0.4, -0.2) is 51.4 Å². The van der Waals surface area contributed by atoms with Crippen LogP contribution in [0, 0.1) is 5.92 Å². The van der Waals surface area contributed by atoms with E-state index in [1.807, 2.05) is 0 Å². The number of aliphatic carboxylic acids is 1. The molecule has 1 aliphatic heterocycles. The van der Waals surface area contributed by atoms with Gasteiger partial charge in [0.1, 0.15) is 12.1 Å². The van der Waals surface area contributed by atoms with E-state index >= 15 is 0 Å². The van der Waals surface area contributed by atoms with Crippen molar-refractivity contribution in [3.63, 3.8) is 0 Å². The number of fused-ring (bicyclic) bond motifs is 2. The van der Waals surface area contributed by atoms with Crippen LogP contribution < -0.4 is 4.90 Å². The van der Waals surface area contributed by atoms with Crippen molar-refractivity contribution in [1.82, 2.24) is 14.5 Å². The molecule has 8 heteroatoms. The predicted octanol–water partition coefficient (Wildman–Crippen LogP) is 1.78. The third-order valence-corrected chi connectivity index (χ3v) is 5.30.